The summed E-state index contributed by atoms with van der Waals surface area (Å²) in [6.07, 6.45) is 1.81. The molecule has 11 heteroatoms. The summed E-state index contributed by atoms with van der Waals surface area (Å²) >= 11 is 0. The van der Waals surface area contributed by atoms with Gasteiger partial charge in [-0.25, -0.2) is 8.42 Å². The second-order valence-corrected chi connectivity index (χ2v) is 9.38. The van der Waals surface area contributed by atoms with E-state index in [1.807, 2.05) is 19.9 Å². The number of hydrogen-bond acceptors (Lipinski definition) is 8. The maximum atomic E-state index is 12.9. The molecule has 0 bridgehead atoms. The SMILES string of the molecule is COc1cc(S(=O)(=O)N2CCOCC2)ccc1Nc1nc(NC(C)C)c2cc[nH]c2n1. The van der Waals surface area contributed by atoms with Crippen molar-refractivity contribution in [2.45, 2.75) is 24.8 Å². The summed E-state index contributed by atoms with van der Waals surface area (Å²) in [5.74, 6) is 1.44. The molecule has 0 atom stereocenters. The molecule has 1 fully saturated rings. The van der Waals surface area contributed by atoms with Gasteiger partial charge >= 0.3 is 0 Å². The van der Waals surface area contributed by atoms with Gasteiger partial charge in [-0.2, -0.15) is 14.3 Å². The first-order valence-electron chi connectivity index (χ1n) is 10.0. The lowest BCUT2D eigenvalue weighted by Crippen LogP contribution is -2.40. The molecule has 0 spiro atoms. The van der Waals surface area contributed by atoms with Crippen molar-refractivity contribution >= 4 is 38.5 Å². The van der Waals surface area contributed by atoms with Crippen molar-refractivity contribution in [2.24, 2.45) is 0 Å². The van der Waals surface area contributed by atoms with E-state index in [0.29, 0.717) is 55.2 Å². The Morgan fingerprint density at radius 2 is 1.97 bits per heavy atom. The minimum atomic E-state index is -3.63. The van der Waals surface area contributed by atoms with Crippen LogP contribution in [0.1, 0.15) is 13.8 Å². The molecule has 3 N–H and O–H groups in total. The average molecular weight is 447 g/mol. The van der Waals surface area contributed by atoms with Gasteiger partial charge in [0.15, 0.2) is 0 Å². The molecule has 1 aliphatic rings. The summed E-state index contributed by atoms with van der Waals surface area (Å²) in [6, 6.07) is 6.82. The number of fused-ring (bicyclic) bond motifs is 1. The molecule has 0 aliphatic carbocycles. The Bertz CT molecular complexity index is 1170. The minimum Gasteiger partial charge on any atom is -0.495 e. The van der Waals surface area contributed by atoms with Crippen LogP contribution in [0.15, 0.2) is 35.4 Å². The van der Waals surface area contributed by atoms with Gasteiger partial charge in [-0.15, -0.1) is 0 Å². The Balaban J connectivity index is 1.65. The maximum absolute atomic E-state index is 12.9. The van der Waals surface area contributed by atoms with Crippen molar-refractivity contribution in [2.75, 3.05) is 44.0 Å². The van der Waals surface area contributed by atoms with Crippen LogP contribution in [-0.2, 0) is 14.8 Å². The number of anilines is 3. The average Bonchev–Trinajstić information content (AvgIpc) is 3.23. The largest absolute Gasteiger partial charge is 0.495 e. The number of benzene rings is 1. The Morgan fingerprint density at radius 1 is 1.19 bits per heavy atom. The van der Waals surface area contributed by atoms with Gasteiger partial charge in [0.25, 0.3) is 0 Å². The lowest BCUT2D eigenvalue weighted by Gasteiger charge is -2.26. The van der Waals surface area contributed by atoms with E-state index in [-0.39, 0.29) is 10.9 Å². The van der Waals surface area contributed by atoms with Gasteiger partial charge in [-0.1, -0.05) is 0 Å². The maximum Gasteiger partial charge on any atom is 0.243 e. The summed E-state index contributed by atoms with van der Waals surface area (Å²) in [4.78, 5) is 12.3. The van der Waals surface area contributed by atoms with E-state index < -0.39 is 10.0 Å². The summed E-state index contributed by atoms with van der Waals surface area (Å²) in [6.45, 7) is 5.51. The van der Waals surface area contributed by atoms with E-state index in [0.717, 1.165) is 5.39 Å². The molecule has 1 aromatic carbocycles. The van der Waals surface area contributed by atoms with E-state index in [9.17, 15) is 8.42 Å². The number of sulfonamides is 1. The molecule has 3 aromatic rings. The molecular formula is C20H26N6O4S. The van der Waals surface area contributed by atoms with Gasteiger partial charge in [-0.3, -0.25) is 0 Å². The standard InChI is InChI=1S/C20H26N6O4S/c1-13(2)22-19-15-6-7-21-18(15)24-20(25-19)23-16-5-4-14(12-17(16)29-3)31(27,28)26-8-10-30-11-9-26/h4-7,12-13H,8-11H2,1-3H3,(H3,21,22,23,24,25). The second kappa shape index (κ2) is 8.69. The van der Waals surface area contributed by atoms with Crippen LogP contribution in [0, 0.1) is 0 Å². The van der Waals surface area contributed by atoms with Crippen molar-refractivity contribution in [3.63, 3.8) is 0 Å². The van der Waals surface area contributed by atoms with Crippen LogP contribution < -0.4 is 15.4 Å². The molecule has 0 saturated carbocycles. The quantitative estimate of drug-likeness (QED) is 0.506. The molecular weight excluding hydrogens is 420 g/mol. The number of rotatable bonds is 7. The molecule has 0 amide bonds. The van der Waals surface area contributed by atoms with Crippen LogP contribution in [0.5, 0.6) is 5.75 Å². The number of nitrogens with one attached hydrogen (secondary N) is 3. The van der Waals surface area contributed by atoms with Gasteiger partial charge in [0.2, 0.25) is 16.0 Å². The molecule has 10 nitrogen and oxygen atoms in total. The molecule has 3 heterocycles. The van der Waals surface area contributed by atoms with Crippen molar-refractivity contribution in [1.82, 2.24) is 19.3 Å². The first-order valence-corrected chi connectivity index (χ1v) is 11.5. The summed E-state index contributed by atoms with van der Waals surface area (Å²) in [5.41, 5.74) is 1.25. The predicted octanol–water partition coefficient (Wildman–Crippen LogP) is 2.55. The van der Waals surface area contributed by atoms with E-state index >= 15 is 0 Å². The zero-order chi connectivity index (χ0) is 22.0. The number of aromatic nitrogens is 3. The topological polar surface area (TPSA) is 121 Å². The van der Waals surface area contributed by atoms with Crippen LogP contribution in [-0.4, -0.2) is 67.1 Å². The lowest BCUT2D eigenvalue weighted by atomic mass is 10.3. The Hall–Kier alpha value is -2.89. The summed E-state index contributed by atoms with van der Waals surface area (Å²) in [7, 11) is -2.13. The van der Waals surface area contributed by atoms with Gasteiger partial charge in [0, 0.05) is 31.4 Å². The molecule has 0 radical (unpaired) electrons. The molecule has 166 valence electrons. The number of nitrogens with zero attached hydrogens (tertiary/aromatic N) is 3. The van der Waals surface area contributed by atoms with E-state index in [1.54, 1.807) is 18.3 Å². The predicted molar refractivity (Wildman–Crippen MR) is 119 cm³/mol. The number of methoxy groups -OCH3 is 1. The highest BCUT2D eigenvalue weighted by Gasteiger charge is 2.27. The molecule has 1 aliphatic heterocycles. The summed E-state index contributed by atoms with van der Waals surface area (Å²) in [5, 5.41) is 7.35. The van der Waals surface area contributed by atoms with Crippen molar-refractivity contribution in [3.05, 3.63) is 30.5 Å². The van der Waals surface area contributed by atoms with Crippen molar-refractivity contribution < 1.29 is 17.9 Å². The number of morpholine rings is 1. The fraction of sp³-hybridized carbons (Fsp3) is 0.400. The van der Waals surface area contributed by atoms with Crippen LogP contribution >= 0.6 is 0 Å². The second-order valence-electron chi connectivity index (χ2n) is 7.44. The van der Waals surface area contributed by atoms with Crippen LogP contribution in [0.25, 0.3) is 11.0 Å². The van der Waals surface area contributed by atoms with Crippen LogP contribution in [0.3, 0.4) is 0 Å². The third-order valence-corrected chi connectivity index (χ3v) is 6.76. The van der Waals surface area contributed by atoms with E-state index in [4.69, 9.17) is 9.47 Å². The van der Waals surface area contributed by atoms with Crippen LogP contribution in [0.4, 0.5) is 17.5 Å². The first kappa shape index (κ1) is 21.3. The highest BCUT2D eigenvalue weighted by atomic mass is 32.2. The van der Waals surface area contributed by atoms with Crippen molar-refractivity contribution in [3.8, 4) is 5.75 Å². The Kier molecular flexibility index (Phi) is 5.99. The van der Waals surface area contributed by atoms with E-state index in [2.05, 4.69) is 25.6 Å². The fourth-order valence-electron chi connectivity index (χ4n) is 3.37. The number of H-pyrrole nitrogens is 1. The van der Waals surface area contributed by atoms with Gasteiger partial charge in [-0.05, 0) is 32.0 Å². The Morgan fingerprint density at radius 3 is 2.68 bits per heavy atom. The zero-order valence-electron chi connectivity index (χ0n) is 17.7. The van der Waals surface area contributed by atoms with Crippen LogP contribution in [0.2, 0.25) is 0 Å². The van der Waals surface area contributed by atoms with Crippen molar-refractivity contribution in [1.29, 1.82) is 0 Å². The minimum absolute atomic E-state index is 0.166. The number of hydrogen-bond donors (Lipinski definition) is 3. The molecule has 31 heavy (non-hydrogen) atoms. The zero-order valence-corrected chi connectivity index (χ0v) is 18.5. The monoisotopic (exact) mass is 446 g/mol. The lowest BCUT2D eigenvalue weighted by molar-refractivity contribution is 0.0730. The van der Waals surface area contributed by atoms with Gasteiger partial charge in [0.1, 0.15) is 17.2 Å². The number of aromatic amines is 1. The normalized spacial score (nSPS) is 15.4. The highest BCUT2D eigenvalue weighted by molar-refractivity contribution is 7.89. The molecule has 4 rings (SSSR count). The third kappa shape index (κ3) is 4.43. The Labute approximate surface area is 181 Å². The molecule has 2 aromatic heterocycles. The molecule has 1 saturated heterocycles. The van der Waals surface area contributed by atoms with E-state index in [1.165, 1.54) is 17.5 Å². The first-order chi connectivity index (χ1) is 14.9. The number of ether oxygens (including phenoxy) is 2. The fourth-order valence-corrected chi connectivity index (χ4v) is 4.80. The molecule has 0 unspecified atom stereocenters. The van der Waals surface area contributed by atoms with Gasteiger partial charge < -0.3 is 25.1 Å². The third-order valence-electron chi connectivity index (χ3n) is 4.87. The summed E-state index contributed by atoms with van der Waals surface area (Å²) < 4.78 is 38.0. The highest BCUT2D eigenvalue weighted by Crippen LogP contribution is 2.32. The smallest absolute Gasteiger partial charge is 0.243 e. The van der Waals surface area contributed by atoms with Gasteiger partial charge in [0.05, 0.1) is 36.3 Å².